The Kier molecular flexibility index (Phi) is 7.99. The Bertz CT molecular complexity index is 208. The molecule has 0 aromatic carbocycles. The highest BCUT2D eigenvalue weighted by molar-refractivity contribution is 7.99. The lowest BCUT2D eigenvalue weighted by Gasteiger charge is -2.35. The summed E-state index contributed by atoms with van der Waals surface area (Å²) in [5.41, 5.74) is 0. The van der Waals surface area contributed by atoms with Crippen LogP contribution in [0.2, 0.25) is 0 Å². The first kappa shape index (κ1) is 15.1. The van der Waals surface area contributed by atoms with Gasteiger partial charge in [-0.1, -0.05) is 13.0 Å². The lowest BCUT2D eigenvalue weighted by Crippen LogP contribution is -2.44. The minimum atomic E-state index is 0.661. The molecule has 1 N–H and O–H groups in total. The van der Waals surface area contributed by atoms with E-state index in [1.165, 1.54) is 38.2 Å². The molecule has 0 aromatic rings. The number of rotatable bonds is 8. The van der Waals surface area contributed by atoms with Gasteiger partial charge in [0, 0.05) is 30.6 Å². The number of thioether (sulfide) groups is 1. The molecule has 1 fully saturated rings. The first-order valence-corrected chi connectivity index (χ1v) is 8.07. The van der Waals surface area contributed by atoms with Crippen molar-refractivity contribution in [1.29, 1.82) is 0 Å². The highest BCUT2D eigenvalue weighted by Crippen LogP contribution is 2.19. The van der Waals surface area contributed by atoms with Crippen molar-refractivity contribution < 1.29 is 0 Å². The van der Waals surface area contributed by atoms with E-state index < -0.39 is 0 Å². The number of hydrogen-bond donors (Lipinski definition) is 1. The molecular formula is C14H28N2S. The summed E-state index contributed by atoms with van der Waals surface area (Å²) in [6, 6.07) is 0.661. The zero-order valence-electron chi connectivity index (χ0n) is 11.5. The molecule has 0 bridgehead atoms. The van der Waals surface area contributed by atoms with E-state index >= 15 is 0 Å². The second-order valence-electron chi connectivity index (χ2n) is 4.90. The van der Waals surface area contributed by atoms with Crippen LogP contribution in [0, 0.1) is 5.92 Å². The molecule has 100 valence electrons. The summed E-state index contributed by atoms with van der Waals surface area (Å²) in [5.74, 6) is 3.11. The van der Waals surface area contributed by atoms with Crippen molar-refractivity contribution in [2.45, 2.75) is 32.7 Å². The molecule has 0 saturated carbocycles. The van der Waals surface area contributed by atoms with Crippen LogP contribution in [-0.2, 0) is 0 Å². The van der Waals surface area contributed by atoms with E-state index in [9.17, 15) is 0 Å². The summed E-state index contributed by atoms with van der Waals surface area (Å²) in [7, 11) is 0. The molecule has 0 aliphatic carbocycles. The van der Waals surface area contributed by atoms with E-state index in [0.717, 1.165) is 18.2 Å². The normalized spacial score (nSPS) is 23.5. The Hall–Kier alpha value is 0.01000. The smallest absolute Gasteiger partial charge is 0.0111 e. The minimum absolute atomic E-state index is 0.661. The van der Waals surface area contributed by atoms with Crippen LogP contribution in [0.3, 0.4) is 0 Å². The van der Waals surface area contributed by atoms with Crippen molar-refractivity contribution in [3.63, 3.8) is 0 Å². The van der Waals surface area contributed by atoms with E-state index in [1.807, 2.05) is 17.8 Å². The molecule has 0 aromatic heterocycles. The van der Waals surface area contributed by atoms with E-state index in [-0.39, 0.29) is 0 Å². The van der Waals surface area contributed by atoms with Crippen molar-refractivity contribution in [2.24, 2.45) is 5.92 Å². The van der Waals surface area contributed by atoms with Crippen LogP contribution in [0.25, 0.3) is 0 Å². The summed E-state index contributed by atoms with van der Waals surface area (Å²) in [6.45, 7) is 13.3. The van der Waals surface area contributed by atoms with Gasteiger partial charge in [-0.05, 0) is 38.8 Å². The highest BCUT2D eigenvalue weighted by atomic mass is 32.2. The average molecular weight is 256 g/mol. The predicted molar refractivity (Wildman–Crippen MR) is 79.8 cm³/mol. The number of nitrogens with zero attached hydrogens (tertiary/aromatic N) is 1. The Morgan fingerprint density at radius 2 is 2.41 bits per heavy atom. The topological polar surface area (TPSA) is 15.3 Å². The maximum atomic E-state index is 3.74. The lowest BCUT2D eigenvalue weighted by atomic mass is 9.91. The van der Waals surface area contributed by atoms with Gasteiger partial charge < -0.3 is 10.2 Å². The largest absolute Gasteiger partial charge is 0.313 e. The fourth-order valence-electron chi connectivity index (χ4n) is 2.48. The molecular weight excluding hydrogens is 228 g/mol. The summed E-state index contributed by atoms with van der Waals surface area (Å²) < 4.78 is 0. The van der Waals surface area contributed by atoms with Gasteiger partial charge in [0.15, 0.2) is 0 Å². The first-order chi connectivity index (χ1) is 8.27. The maximum absolute atomic E-state index is 3.74. The Morgan fingerprint density at radius 1 is 1.59 bits per heavy atom. The lowest BCUT2D eigenvalue weighted by molar-refractivity contribution is 0.158. The van der Waals surface area contributed by atoms with Gasteiger partial charge in [-0.25, -0.2) is 0 Å². The molecule has 2 unspecified atom stereocenters. The van der Waals surface area contributed by atoms with E-state index in [2.05, 4.69) is 30.6 Å². The van der Waals surface area contributed by atoms with Crippen LogP contribution in [0.15, 0.2) is 12.7 Å². The summed E-state index contributed by atoms with van der Waals surface area (Å²) in [6.07, 6.45) is 4.74. The van der Waals surface area contributed by atoms with E-state index in [1.54, 1.807) is 0 Å². The number of piperidine rings is 1. The second-order valence-corrected chi connectivity index (χ2v) is 6.05. The zero-order chi connectivity index (χ0) is 12.5. The number of hydrogen-bond acceptors (Lipinski definition) is 3. The van der Waals surface area contributed by atoms with Crippen LogP contribution in [-0.4, -0.2) is 48.6 Å². The molecule has 3 heteroatoms. The predicted octanol–water partition coefficient (Wildman–Crippen LogP) is 2.62. The fraction of sp³-hybridized carbons (Fsp3) is 0.857. The monoisotopic (exact) mass is 256 g/mol. The van der Waals surface area contributed by atoms with Gasteiger partial charge in [-0.2, -0.15) is 11.8 Å². The van der Waals surface area contributed by atoms with Gasteiger partial charge in [0.2, 0.25) is 0 Å². The quantitative estimate of drug-likeness (QED) is 0.531. The van der Waals surface area contributed by atoms with Gasteiger partial charge >= 0.3 is 0 Å². The van der Waals surface area contributed by atoms with Gasteiger partial charge in [-0.3, -0.25) is 0 Å². The zero-order valence-corrected chi connectivity index (χ0v) is 12.3. The molecule has 0 radical (unpaired) electrons. The molecule has 1 aliphatic heterocycles. The van der Waals surface area contributed by atoms with E-state index in [4.69, 9.17) is 0 Å². The summed E-state index contributed by atoms with van der Waals surface area (Å²) in [4.78, 5) is 2.58. The molecule has 2 atom stereocenters. The molecule has 0 amide bonds. The summed E-state index contributed by atoms with van der Waals surface area (Å²) in [5, 5.41) is 3.67. The van der Waals surface area contributed by atoms with Crippen molar-refractivity contribution in [2.75, 3.05) is 37.7 Å². The van der Waals surface area contributed by atoms with Crippen LogP contribution in [0.1, 0.15) is 26.7 Å². The van der Waals surface area contributed by atoms with Crippen molar-refractivity contribution >= 4 is 11.8 Å². The highest BCUT2D eigenvalue weighted by Gasteiger charge is 2.23. The van der Waals surface area contributed by atoms with Crippen LogP contribution in [0.4, 0.5) is 0 Å². The van der Waals surface area contributed by atoms with Crippen molar-refractivity contribution in [3.8, 4) is 0 Å². The molecule has 1 saturated heterocycles. The van der Waals surface area contributed by atoms with Crippen LogP contribution >= 0.6 is 11.8 Å². The molecule has 1 heterocycles. The molecule has 1 aliphatic rings. The fourth-order valence-corrected chi connectivity index (χ4v) is 3.07. The average Bonchev–Trinajstić information content (AvgIpc) is 2.38. The Balaban J connectivity index is 2.13. The number of likely N-dealkylation sites (tertiary alicyclic amines) is 1. The number of nitrogens with one attached hydrogen (secondary N) is 1. The van der Waals surface area contributed by atoms with Gasteiger partial charge in [0.25, 0.3) is 0 Å². The minimum Gasteiger partial charge on any atom is -0.313 e. The molecule has 1 rings (SSSR count). The SMILES string of the molecule is C=CCSCCNC(C)C1CCCN(CC)C1. The Labute approximate surface area is 111 Å². The third-order valence-corrected chi connectivity index (χ3v) is 4.61. The third kappa shape index (κ3) is 5.94. The van der Waals surface area contributed by atoms with Gasteiger partial charge in [0.05, 0.1) is 0 Å². The second kappa shape index (κ2) is 9.01. The van der Waals surface area contributed by atoms with Crippen molar-refractivity contribution in [3.05, 3.63) is 12.7 Å². The third-order valence-electron chi connectivity index (χ3n) is 3.64. The van der Waals surface area contributed by atoms with Crippen LogP contribution < -0.4 is 5.32 Å². The van der Waals surface area contributed by atoms with Crippen LogP contribution in [0.5, 0.6) is 0 Å². The van der Waals surface area contributed by atoms with E-state index in [0.29, 0.717) is 6.04 Å². The van der Waals surface area contributed by atoms with Crippen molar-refractivity contribution in [1.82, 2.24) is 10.2 Å². The molecule has 17 heavy (non-hydrogen) atoms. The van der Waals surface area contributed by atoms with Gasteiger partial charge in [-0.15, -0.1) is 6.58 Å². The maximum Gasteiger partial charge on any atom is 0.0111 e. The Morgan fingerprint density at radius 3 is 3.12 bits per heavy atom. The van der Waals surface area contributed by atoms with Gasteiger partial charge in [0.1, 0.15) is 0 Å². The summed E-state index contributed by atoms with van der Waals surface area (Å²) >= 11 is 1.96. The molecule has 2 nitrogen and oxygen atoms in total. The standard InChI is InChI=1S/C14H28N2S/c1-4-10-17-11-8-15-13(3)14-7-6-9-16(5-2)12-14/h4,13-15H,1,5-12H2,2-3H3. The molecule has 0 spiro atoms. The first-order valence-electron chi connectivity index (χ1n) is 6.92.